The van der Waals surface area contributed by atoms with Crippen molar-refractivity contribution in [3.63, 3.8) is 0 Å². The molecule has 1 aliphatic rings. The van der Waals surface area contributed by atoms with Crippen LogP contribution in [0.25, 0.3) is 0 Å². The topological polar surface area (TPSA) is 61.7 Å². The van der Waals surface area contributed by atoms with E-state index >= 15 is 0 Å². The van der Waals surface area contributed by atoms with Crippen molar-refractivity contribution in [2.75, 3.05) is 44.2 Å². The van der Waals surface area contributed by atoms with Crippen molar-refractivity contribution in [3.05, 3.63) is 82.0 Å². The van der Waals surface area contributed by atoms with E-state index in [4.69, 9.17) is 21.3 Å². The number of β-amino-alcohol motifs (C(OH)–C–C–N with tert-alkyl or cyclic N) is 1. The van der Waals surface area contributed by atoms with E-state index in [0.717, 1.165) is 43.3 Å². The summed E-state index contributed by atoms with van der Waals surface area (Å²) in [6, 6.07) is 14.0. The highest BCUT2D eigenvalue weighted by atomic mass is 35.5. The highest BCUT2D eigenvalue weighted by Crippen LogP contribution is 2.26. The van der Waals surface area contributed by atoms with Crippen molar-refractivity contribution < 1.29 is 14.2 Å². The smallest absolute Gasteiger partial charge is 0.136 e. The number of aromatic nitrogens is 2. The minimum Gasteiger partial charge on any atom is -0.491 e. The average Bonchev–Trinajstić information content (AvgIpc) is 2.82. The number of nitrogens with zero attached hydrogens (tertiary/aromatic N) is 4. The minimum absolute atomic E-state index is 0.215. The maximum atomic E-state index is 14.3. The minimum atomic E-state index is -0.595. The van der Waals surface area contributed by atoms with Gasteiger partial charge in [-0.3, -0.25) is 4.90 Å². The summed E-state index contributed by atoms with van der Waals surface area (Å²) in [4.78, 5) is 13.7. The summed E-state index contributed by atoms with van der Waals surface area (Å²) in [5, 5.41) is 11.1. The van der Waals surface area contributed by atoms with Crippen molar-refractivity contribution in [1.82, 2.24) is 14.9 Å². The summed E-state index contributed by atoms with van der Waals surface area (Å²) >= 11 is 5.89. The van der Waals surface area contributed by atoms with Crippen molar-refractivity contribution in [1.29, 1.82) is 0 Å². The van der Waals surface area contributed by atoms with Crippen LogP contribution in [0.2, 0.25) is 5.02 Å². The lowest BCUT2D eigenvalue weighted by Crippen LogP contribution is -2.49. The number of piperazine rings is 1. The first-order chi connectivity index (χ1) is 16.4. The monoisotopic (exact) mass is 484 g/mol. The van der Waals surface area contributed by atoms with E-state index in [1.807, 2.05) is 26.0 Å². The Balaban J connectivity index is 1.36. The van der Waals surface area contributed by atoms with Crippen molar-refractivity contribution in [3.8, 4) is 5.75 Å². The van der Waals surface area contributed by atoms with Crippen molar-refractivity contribution >= 4 is 17.4 Å². The first-order valence-corrected chi connectivity index (χ1v) is 11.9. The Morgan fingerprint density at radius 1 is 1.03 bits per heavy atom. The molecule has 2 heterocycles. The summed E-state index contributed by atoms with van der Waals surface area (Å²) in [6.45, 7) is 7.72. The Labute approximate surface area is 205 Å². The van der Waals surface area contributed by atoms with E-state index in [-0.39, 0.29) is 12.4 Å². The number of benzene rings is 2. The van der Waals surface area contributed by atoms with Crippen LogP contribution in [0, 0.1) is 19.7 Å². The van der Waals surface area contributed by atoms with Gasteiger partial charge in [-0.1, -0.05) is 29.8 Å². The quantitative estimate of drug-likeness (QED) is 0.520. The molecule has 0 radical (unpaired) electrons. The molecule has 1 aliphatic heterocycles. The number of anilines is 1. The van der Waals surface area contributed by atoms with Gasteiger partial charge in [0.1, 0.15) is 35.9 Å². The number of aryl methyl sites for hydroxylation is 2. The number of hydrogen-bond acceptors (Lipinski definition) is 6. The number of rotatable bonds is 8. The fourth-order valence-corrected chi connectivity index (χ4v) is 4.36. The van der Waals surface area contributed by atoms with E-state index < -0.39 is 6.10 Å². The molecule has 6 nitrogen and oxygen atoms in total. The molecule has 0 spiro atoms. The number of aliphatic hydroxyl groups excluding tert-OH is 1. The SMILES string of the molecule is Cc1nc(C)c(Cc2ccccc2F)c(N2CCN(CC(O)COc3ccc(Cl)cc3)CC2)n1. The molecule has 1 aromatic heterocycles. The molecule has 180 valence electrons. The van der Waals surface area contributed by atoms with Crippen LogP contribution in [-0.2, 0) is 6.42 Å². The van der Waals surface area contributed by atoms with Gasteiger partial charge in [0.15, 0.2) is 0 Å². The summed E-state index contributed by atoms with van der Waals surface area (Å²) < 4.78 is 20.0. The van der Waals surface area contributed by atoms with Crippen LogP contribution in [0.15, 0.2) is 48.5 Å². The Morgan fingerprint density at radius 3 is 2.44 bits per heavy atom. The van der Waals surface area contributed by atoms with Gasteiger partial charge in [0.05, 0.1) is 0 Å². The van der Waals surface area contributed by atoms with Gasteiger partial charge in [-0.25, -0.2) is 14.4 Å². The van der Waals surface area contributed by atoms with Gasteiger partial charge in [0.2, 0.25) is 0 Å². The first kappa shape index (κ1) is 24.4. The largest absolute Gasteiger partial charge is 0.491 e. The molecular formula is C26H30ClFN4O2. The number of halogens is 2. The maximum Gasteiger partial charge on any atom is 0.136 e. The lowest BCUT2D eigenvalue weighted by atomic mass is 10.0. The van der Waals surface area contributed by atoms with Gasteiger partial charge in [0.25, 0.3) is 0 Å². The van der Waals surface area contributed by atoms with E-state index in [1.54, 1.807) is 30.3 Å². The lowest BCUT2D eigenvalue weighted by molar-refractivity contribution is 0.0662. The molecule has 1 saturated heterocycles. The summed E-state index contributed by atoms with van der Waals surface area (Å²) in [7, 11) is 0. The third-order valence-corrected chi connectivity index (χ3v) is 6.28. The van der Waals surface area contributed by atoms with E-state index in [2.05, 4.69) is 14.8 Å². The van der Waals surface area contributed by atoms with Crippen LogP contribution >= 0.6 is 11.6 Å². The summed E-state index contributed by atoms with van der Waals surface area (Å²) in [5.74, 6) is 2.06. The van der Waals surface area contributed by atoms with Gasteiger partial charge in [-0.2, -0.15) is 0 Å². The molecule has 0 aliphatic carbocycles. The van der Waals surface area contributed by atoms with Crippen molar-refractivity contribution in [2.45, 2.75) is 26.4 Å². The zero-order valence-corrected chi connectivity index (χ0v) is 20.3. The summed E-state index contributed by atoms with van der Waals surface area (Å²) in [5.41, 5.74) is 2.48. The molecule has 1 fully saturated rings. The lowest BCUT2D eigenvalue weighted by Gasteiger charge is -2.37. The first-order valence-electron chi connectivity index (χ1n) is 11.5. The van der Waals surface area contributed by atoms with Crippen molar-refractivity contribution in [2.24, 2.45) is 0 Å². The average molecular weight is 485 g/mol. The molecule has 1 unspecified atom stereocenters. The second-order valence-corrected chi connectivity index (χ2v) is 9.07. The van der Waals surface area contributed by atoms with Crippen LogP contribution in [0.1, 0.15) is 22.6 Å². The fourth-order valence-electron chi connectivity index (χ4n) is 4.23. The third kappa shape index (κ3) is 6.23. The third-order valence-electron chi connectivity index (χ3n) is 6.03. The summed E-state index contributed by atoms with van der Waals surface area (Å²) in [6.07, 6.45) is -0.142. The zero-order chi connectivity index (χ0) is 24.1. The number of hydrogen-bond donors (Lipinski definition) is 1. The number of ether oxygens (including phenoxy) is 1. The molecule has 3 aromatic rings. The zero-order valence-electron chi connectivity index (χ0n) is 19.5. The molecule has 0 bridgehead atoms. The van der Waals surface area contributed by atoms with E-state index in [0.29, 0.717) is 35.1 Å². The van der Waals surface area contributed by atoms with Gasteiger partial charge in [-0.05, 0) is 49.7 Å². The van der Waals surface area contributed by atoms with Gasteiger partial charge < -0.3 is 14.7 Å². The Morgan fingerprint density at radius 2 is 1.74 bits per heavy atom. The van der Waals surface area contributed by atoms with Crippen LogP contribution in [0.3, 0.4) is 0 Å². The predicted octanol–water partition coefficient (Wildman–Crippen LogP) is 4.04. The molecule has 0 amide bonds. The second-order valence-electron chi connectivity index (χ2n) is 8.63. The molecule has 34 heavy (non-hydrogen) atoms. The van der Waals surface area contributed by atoms with Gasteiger partial charge >= 0.3 is 0 Å². The molecule has 4 rings (SSSR count). The van der Waals surface area contributed by atoms with Crippen LogP contribution in [0.4, 0.5) is 10.2 Å². The Hall–Kier alpha value is -2.74. The molecule has 2 aromatic carbocycles. The second kappa shape index (κ2) is 11.1. The number of aliphatic hydroxyl groups is 1. The molecule has 8 heteroatoms. The maximum absolute atomic E-state index is 14.3. The van der Waals surface area contributed by atoms with Crippen LogP contribution in [0.5, 0.6) is 5.75 Å². The highest BCUT2D eigenvalue weighted by molar-refractivity contribution is 6.30. The van der Waals surface area contributed by atoms with Crippen LogP contribution in [-0.4, -0.2) is 65.4 Å². The molecular weight excluding hydrogens is 455 g/mol. The normalized spacial score (nSPS) is 15.4. The van der Waals surface area contributed by atoms with Gasteiger partial charge in [-0.15, -0.1) is 0 Å². The predicted molar refractivity (Wildman–Crippen MR) is 132 cm³/mol. The molecule has 0 saturated carbocycles. The molecule has 1 atom stereocenters. The highest BCUT2D eigenvalue weighted by Gasteiger charge is 2.24. The van der Waals surface area contributed by atoms with Crippen LogP contribution < -0.4 is 9.64 Å². The fraction of sp³-hybridized carbons (Fsp3) is 0.385. The van der Waals surface area contributed by atoms with E-state index in [9.17, 15) is 9.50 Å². The standard InChI is InChI=1S/C26H30ClFN4O2/c1-18-24(15-20-5-3-4-6-25(20)28)26(30-19(2)29-18)32-13-11-31(12-14-32)16-22(33)17-34-23-9-7-21(27)8-10-23/h3-10,22,33H,11-17H2,1-2H3. The Bertz CT molecular complexity index is 1100. The van der Waals surface area contributed by atoms with Gasteiger partial charge in [0, 0.05) is 55.4 Å². The van der Waals surface area contributed by atoms with E-state index in [1.165, 1.54) is 6.07 Å². The Kier molecular flexibility index (Phi) is 7.98. The molecule has 1 N–H and O–H groups in total.